The first-order chi connectivity index (χ1) is 8.65. The molecule has 0 aliphatic heterocycles. The molecule has 2 rings (SSSR count). The molecule has 0 aliphatic rings. The third-order valence-corrected chi connectivity index (χ3v) is 2.59. The summed E-state index contributed by atoms with van der Waals surface area (Å²) in [7, 11) is 1.23. The molecular weight excluding hydrogens is 240 g/mol. The Morgan fingerprint density at radius 3 is 2.78 bits per heavy atom. The van der Waals surface area contributed by atoms with E-state index >= 15 is 0 Å². The summed E-state index contributed by atoms with van der Waals surface area (Å²) in [6.45, 7) is 0.567. The molecule has 1 aromatic heterocycles. The van der Waals surface area contributed by atoms with Gasteiger partial charge in [0.15, 0.2) is 17.4 Å². The molecule has 0 unspecified atom stereocenters. The number of nitrogens with zero attached hydrogens (tertiary/aromatic N) is 2. The molecule has 0 radical (unpaired) electrons. The van der Waals surface area contributed by atoms with Crippen LogP contribution in [0.2, 0.25) is 0 Å². The van der Waals surface area contributed by atoms with Crippen molar-refractivity contribution in [3.63, 3.8) is 0 Å². The first-order valence-electron chi connectivity index (χ1n) is 5.38. The molecule has 1 heterocycles. The number of nitrogens with two attached hydrogens (primary N) is 1. The highest BCUT2D eigenvalue weighted by Crippen LogP contribution is 2.24. The Kier molecular flexibility index (Phi) is 3.57. The van der Waals surface area contributed by atoms with Crippen molar-refractivity contribution in [1.29, 1.82) is 0 Å². The zero-order valence-electron chi connectivity index (χ0n) is 9.86. The Hall–Kier alpha value is -1.95. The summed E-state index contributed by atoms with van der Waals surface area (Å²) in [5.74, 6) is -1.80. The van der Waals surface area contributed by atoms with Crippen molar-refractivity contribution in [2.45, 2.75) is 13.1 Å². The van der Waals surface area contributed by atoms with Gasteiger partial charge in [-0.1, -0.05) is 6.07 Å². The van der Waals surface area contributed by atoms with Gasteiger partial charge in [0, 0.05) is 23.9 Å². The SMILES string of the molecule is COc1c(F)ccc(Cn2cc(CN)cn2)c1F. The van der Waals surface area contributed by atoms with Gasteiger partial charge in [0.05, 0.1) is 19.9 Å². The van der Waals surface area contributed by atoms with Crippen LogP contribution in [0.3, 0.4) is 0 Å². The standard InChI is InChI=1S/C12H13F2N3O/c1-18-12-10(13)3-2-9(11(12)14)7-17-6-8(4-15)5-16-17/h2-3,5-6H,4,7,15H2,1H3. The van der Waals surface area contributed by atoms with Gasteiger partial charge in [0.25, 0.3) is 0 Å². The quantitative estimate of drug-likeness (QED) is 0.901. The number of hydrogen-bond donors (Lipinski definition) is 1. The van der Waals surface area contributed by atoms with E-state index < -0.39 is 11.6 Å². The molecule has 0 atom stereocenters. The Balaban J connectivity index is 2.29. The van der Waals surface area contributed by atoms with Crippen molar-refractivity contribution in [2.24, 2.45) is 5.73 Å². The average Bonchev–Trinajstić information content (AvgIpc) is 2.81. The second-order valence-electron chi connectivity index (χ2n) is 3.80. The zero-order valence-corrected chi connectivity index (χ0v) is 9.86. The van der Waals surface area contributed by atoms with E-state index in [1.165, 1.54) is 23.9 Å². The molecule has 2 N–H and O–H groups in total. The number of rotatable bonds is 4. The van der Waals surface area contributed by atoms with E-state index in [1.807, 2.05) is 0 Å². The van der Waals surface area contributed by atoms with Gasteiger partial charge in [0.2, 0.25) is 0 Å². The molecule has 4 nitrogen and oxygen atoms in total. The monoisotopic (exact) mass is 253 g/mol. The molecule has 2 aromatic rings. The number of halogens is 2. The minimum absolute atomic E-state index is 0.197. The van der Waals surface area contributed by atoms with E-state index in [0.717, 1.165) is 5.56 Å². The minimum atomic E-state index is -0.720. The molecule has 0 saturated heterocycles. The lowest BCUT2D eigenvalue weighted by Crippen LogP contribution is -2.05. The zero-order chi connectivity index (χ0) is 13.1. The van der Waals surface area contributed by atoms with Crippen LogP contribution in [-0.2, 0) is 13.1 Å². The lowest BCUT2D eigenvalue weighted by molar-refractivity contribution is 0.356. The maximum absolute atomic E-state index is 13.9. The van der Waals surface area contributed by atoms with Gasteiger partial charge in [-0.15, -0.1) is 0 Å². The second-order valence-corrected chi connectivity index (χ2v) is 3.80. The van der Waals surface area contributed by atoms with Gasteiger partial charge in [-0.25, -0.2) is 8.78 Å². The van der Waals surface area contributed by atoms with Crippen LogP contribution in [0.1, 0.15) is 11.1 Å². The van der Waals surface area contributed by atoms with Crippen molar-refractivity contribution < 1.29 is 13.5 Å². The van der Waals surface area contributed by atoms with Crippen molar-refractivity contribution in [2.75, 3.05) is 7.11 Å². The van der Waals surface area contributed by atoms with E-state index in [9.17, 15) is 8.78 Å². The molecule has 0 aliphatic carbocycles. The van der Waals surface area contributed by atoms with Gasteiger partial charge in [0.1, 0.15) is 0 Å². The fourth-order valence-electron chi connectivity index (χ4n) is 1.66. The Labute approximate surface area is 103 Å². The number of methoxy groups -OCH3 is 1. The summed E-state index contributed by atoms with van der Waals surface area (Å²) >= 11 is 0. The largest absolute Gasteiger partial charge is 0.491 e. The molecule has 0 saturated carbocycles. The summed E-state index contributed by atoms with van der Waals surface area (Å²) in [5, 5.41) is 4.04. The first kappa shape index (κ1) is 12.5. The molecule has 0 fully saturated rings. The van der Waals surface area contributed by atoms with Crippen LogP contribution < -0.4 is 10.5 Å². The molecule has 18 heavy (non-hydrogen) atoms. The van der Waals surface area contributed by atoms with Crippen LogP contribution in [-0.4, -0.2) is 16.9 Å². The first-order valence-corrected chi connectivity index (χ1v) is 5.38. The Bertz CT molecular complexity index is 554. The Morgan fingerprint density at radius 2 is 2.17 bits per heavy atom. The van der Waals surface area contributed by atoms with Crippen LogP contribution in [0.15, 0.2) is 24.5 Å². The van der Waals surface area contributed by atoms with Crippen LogP contribution in [0.25, 0.3) is 0 Å². The maximum atomic E-state index is 13.9. The summed E-state index contributed by atoms with van der Waals surface area (Å²) < 4.78 is 33.3. The molecular formula is C12H13F2N3O. The van der Waals surface area contributed by atoms with E-state index in [2.05, 4.69) is 9.84 Å². The lowest BCUT2D eigenvalue weighted by Gasteiger charge is -2.08. The van der Waals surface area contributed by atoms with Gasteiger partial charge in [-0.05, 0) is 6.07 Å². The van der Waals surface area contributed by atoms with Gasteiger partial charge in [-0.2, -0.15) is 5.10 Å². The fourth-order valence-corrected chi connectivity index (χ4v) is 1.66. The minimum Gasteiger partial charge on any atom is -0.491 e. The van der Waals surface area contributed by atoms with Crippen LogP contribution in [0.4, 0.5) is 8.78 Å². The fraction of sp³-hybridized carbons (Fsp3) is 0.250. The number of benzene rings is 1. The van der Waals surface area contributed by atoms with E-state index in [0.29, 0.717) is 12.1 Å². The van der Waals surface area contributed by atoms with E-state index in [-0.39, 0.29) is 12.3 Å². The molecule has 0 bridgehead atoms. The van der Waals surface area contributed by atoms with Gasteiger partial charge < -0.3 is 10.5 Å². The molecule has 96 valence electrons. The second kappa shape index (κ2) is 5.14. The highest BCUT2D eigenvalue weighted by Gasteiger charge is 2.14. The normalized spacial score (nSPS) is 10.7. The highest BCUT2D eigenvalue weighted by molar-refractivity contribution is 5.32. The average molecular weight is 253 g/mol. The summed E-state index contributed by atoms with van der Waals surface area (Å²) in [4.78, 5) is 0. The summed E-state index contributed by atoms with van der Waals surface area (Å²) in [5.41, 5.74) is 6.61. The van der Waals surface area contributed by atoms with Crippen molar-refractivity contribution >= 4 is 0 Å². The summed E-state index contributed by atoms with van der Waals surface area (Å²) in [6, 6.07) is 2.54. The van der Waals surface area contributed by atoms with Crippen LogP contribution >= 0.6 is 0 Å². The van der Waals surface area contributed by atoms with Crippen molar-refractivity contribution in [1.82, 2.24) is 9.78 Å². The molecule has 6 heteroatoms. The predicted molar refractivity (Wildman–Crippen MR) is 62.1 cm³/mol. The smallest absolute Gasteiger partial charge is 0.190 e. The van der Waals surface area contributed by atoms with Gasteiger partial charge >= 0.3 is 0 Å². The van der Waals surface area contributed by atoms with Gasteiger partial charge in [-0.3, -0.25) is 4.68 Å². The highest BCUT2D eigenvalue weighted by atomic mass is 19.1. The maximum Gasteiger partial charge on any atom is 0.190 e. The number of hydrogen-bond acceptors (Lipinski definition) is 3. The number of aromatic nitrogens is 2. The van der Waals surface area contributed by atoms with Crippen LogP contribution in [0.5, 0.6) is 5.75 Å². The van der Waals surface area contributed by atoms with Crippen molar-refractivity contribution in [3.05, 3.63) is 47.3 Å². The molecule has 0 spiro atoms. The molecule has 1 aromatic carbocycles. The van der Waals surface area contributed by atoms with Crippen molar-refractivity contribution in [3.8, 4) is 5.75 Å². The predicted octanol–water partition coefficient (Wildman–Crippen LogP) is 1.68. The lowest BCUT2D eigenvalue weighted by atomic mass is 10.2. The van der Waals surface area contributed by atoms with E-state index in [4.69, 9.17) is 5.73 Å². The third kappa shape index (κ3) is 2.33. The Morgan fingerprint density at radius 1 is 1.39 bits per heavy atom. The summed E-state index contributed by atoms with van der Waals surface area (Å²) in [6.07, 6.45) is 3.33. The topological polar surface area (TPSA) is 53.1 Å². The molecule has 0 amide bonds. The van der Waals surface area contributed by atoms with E-state index in [1.54, 1.807) is 12.4 Å². The van der Waals surface area contributed by atoms with Crippen LogP contribution in [0, 0.1) is 11.6 Å². The number of ether oxygens (including phenoxy) is 1. The third-order valence-electron chi connectivity index (χ3n) is 2.59.